The second-order valence-electron chi connectivity index (χ2n) is 10.3. The molecule has 1 saturated carbocycles. The number of primary amides is 1. The molecule has 1 fully saturated rings. The van der Waals surface area contributed by atoms with Crippen LogP contribution in [0.2, 0.25) is 0 Å². The maximum atomic E-state index is 13.0. The van der Waals surface area contributed by atoms with Gasteiger partial charge in [0.2, 0.25) is 0 Å². The SMILES string of the molecule is Cc1cc(C(F)(F)F)ncc1N(CC1(C)CCC(C2=CC(O)C(C)C=C2)(N(C)C)CC1)C(N)=O. The third-order valence-corrected chi connectivity index (χ3v) is 7.62. The highest BCUT2D eigenvalue weighted by atomic mass is 19.4. The van der Waals surface area contributed by atoms with E-state index in [0.29, 0.717) is 11.3 Å². The van der Waals surface area contributed by atoms with Gasteiger partial charge < -0.3 is 10.8 Å². The van der Waals surface area contributed by atoms with Crippen LogP contribution < -0.4 is 10.6 Å². The molecule has 0 spiro atoms. The Morgan fingerprint density at radius 2 is 1.88 bits per heavy atom. The zero-order chi connectivity index (χ0) is 25.5. The number of amides is 2. The van der Waals surface area contributed by atoms with E-state index >= 15 is 0 Å². The molecule has 2 unspecified atom stereocenters. The van der Waals surface area contributed by atoms with Gasteiger partial charge in [-0.2, -0.15) is 13.2 Å². The number of carbonyl (C=O) groups is 1. The quantitative estimate of drug-likeness (QED) is 0.642. The van der Waals surface area contributed by atoms with E-state index in [2.05, 4.69) is 22.9 Å². The third-order valence-electron chi connectivity index (χ3n) is 7.62. The van der Waals surface area contributed by atoms with Gasteiger partial charge in [-0.15, -0.1) is 0 Å². The van der Waals surface area contributed by atoms with Crippen molar-refractivity contribution in [1.29, 1.82) is 0 Å². The maximum Gasteiger partial charge on any atom is 0.433 e. The van der Waals surface area contributed by atoms with E-state index in [0.717, 1.165) is 43.5 Å². The van der Waals surface area contributed by atoms with E-state index in [1.165, 1.54) is 11.8 Å². The number of pyridine rings is 1. The first-order chi connectivity index (χ1) is 15.7. The van der Waals surface area contributed by atoms with Gasteiger partial charge in [0.05, 0.1) is 18.0 Å². The minimum atomic E-state index is -4.56. The molecular weight excluding hydrogens is 445 g/mol. The van der Waals surface area contributed by atoms with E-state index in [1.807, 2.05) is 33.2 Å². The largest absolute Gasteiger partial charge is 0.433 e. The lowest BCUT2D eigenvalue weighted by atomic mass is 9.64. The number of rotatable bonds is 5. The zero-order valence-electron chi connectivity index (χ0n) is 20.5. The van der Waals surface area contributed by atoms with Crippen molar-refractivity contribution in [2.24, 2.45) is 17.1 Å². The van der Waals surface area contributed by atoms with E-state index in [-0.39, 0.29) is 23.4 Å². The maximum absolute atomic E-state index is 13.0. The molecule has 0 radical (unpaired) electrons. The standard InChI is InChI=1S/C25H35F3N4O2/c1-16-6-7-18(13-20(16)33)24(31(4)5)10-8-23(3,9-11-24)15-32(22(29)34)19-14-30-21(12-17(19)2)25(26,27)28/h6-7,12-14,16,20,33H,8-11,15H2,1-5H3,(H2,29,34). The van der Waals surface area contributed by atoms with Crippen molar-refractivity contribution in [2.45, 2.75) is 64.3 Å². The molecule has 2 atom stereocenters. The summed E-state index contributed by atoms with van der Waals surface area (Å²) in [5, 5.41) is 10.4. The van der Waals surface area contributed by atoms with Crippen LogP contribution in [0.5, 0.6) is 0 Å². The summed E-state index contributed by atoms with van der Waals surface area (Å²) in [6.45, 7) is 5.87. The van der Waals surface area contributed by atoms with Crippen molar-refractivity contribution >= 4 is 11.7 Å². The van der Waals surface area contributed by atoms with Crippen molar-refractivity contribution in [3.8, 4) is 0 Å². The molecule has 2 aliphatic rings. The summed E-state index contributed by atoms with van der Waals surface area (Å²) in [6, 6.07) is 0.227. The van der Waals surface area contributed by atoms with E-state index in [4.69, 9.17) is 5.73 Å². The van der Waals surface area contributed by atoms with Gasteiger partial charge in [-0.3, -0.25) is 9.80 Å². The lowest BCUT2D eigenvalue weighted by Gasteiger charge is -2.51. The first kappa shape index (κ1) is 26.2. The molecule has 188 valence electrons. The van der Waals surface area contributed by atoms with Crippen molar-refractivity contribution in [3.05, 3.63) is 47.3 Å². The predicted molar refractivity (Wildman–Crippen MR) is 126 cm³/mol. The minimum absolute atomic E-state index is 0.0709. The van der Waals surface area contributed by atoms with Crippen LogP contribution in [-0.2, 0) is 6.18 Å². The number of aromatic nitrogens is 1. The van der Waals surface area contributed by atoms with Crippen molar-refractivity contribution in [1.82, 2.24) is 9.88 Å². The molecule has 2 aliphatic carbocycles. The molecule has 0 aliphatic heterocycles. The van der Waals surface area contributed by atoms with Crippen molar-refractivity contribution < 1.29 is 23.1 Å². The van der Waals surface area contributed by atoms with Crippen LogP contribution in [0.15, 0.2) is 36.1 Å². The summed E-state index contributed by atoms with van der Waals surface area (Å²) in [7, 11) is 4.07. The number of aliphatic hydroxyl groups excluding tert-OH is 1. The number of likely N-dealkylation sites (N-methyl/N-ethyl adjacent to an activating group) is 1. The number of halogens is 3. The highest BCUT2D eigenvalue weighted by Crippen LogP contribution is 2.48. The molecule has 1 heterocycles. The van der Waals surface area contributed by atoms with Crippen LogP contribution in [0, 0.1) is 18.3 Å². The lowest BCUT2D eigenvalue weighted by Crippen LogP contribution is -2.53. The predicted octanol–water partition coefficient (Wildman–Crippen LogP) is 4.67. The Labute approximate surface area is 199 Å². The zero-order valence-corrected chi connectivity index (χ0v) is 20.5. The molecule has 6 nitrogen and oxygen atoms in total. The van der Waals surface area contributed by atoms with Crippen LogP contribution in [0.1, 0.15) is 50.8 Å². The number of nitrogens with two attached hydrogens (primary N) is 1. The van der Waals surface area contributed by atoms with Gasteiger partial charge >= 0.3 is 12.2 Å². The van der Waals surface area contributed by atoms with Gasteiger partial charge in [0.1, 0.15) is 5.69 Å². The van der Waals surface area contributed by atoms with Crippen LogP contribution in [0.25, 0.3) is 0 Å². The van der Waals surface area contributed by atoms with Crippen LogP contribution in [0.4, 0.5) is 23.7 Å². The van der Waals surface area contributed by atoms with Gasteiger partial charge in [-0.1, -0.05) is 32.1 Å². The topological polar surface area (TPSA) is 82.7 Å². The Bertz CT molecular complexity index is 979. The summed E-state index contributed by atoms with van der Waals surface area (Å²) in [5.74, 6) is 0.0709. The van der Waals surface area contributed by atoms with Crippen molar-refractivity contribution in [2.75, 3.05) is 25.5 Å². The molecule has 0 bridgehead atoms. The van der Waals surface area contributed by atoms with Crippen LogP contribution in [-0.4, -0.2) is 53.3 Å². The number of urea groups is 1. The van der Waals surface area contributed by atoms with E-state index < -0.39 is 24.0 Å². The second kappa shape index (κ2) is 9.34. The van der Waals surface area contributed by atoms with Gasteiger partial charge in [0.25, 0.3) is 0 Å². The fourth-order valence-electron chi connectivity index (χ4n) is 5.14. The molecule has 0 saturated heterocycles. The number of carbonyl (C=O) groups excluding carboxylic acids is 1. The normalized spacial score (nSPS) is 29.8. The molecular formula is C25H35F3N4O2. The molecule has 0 aromatic carbocycles. The molecule has 1 aromatic rings. The first-order valence-corrected chi connectivity index (χ1v) is 11.6. The number of alkyl halides is 3. The number of aliphatic hydroxyl groups is 1. The Morgan fingerprint density at radius 3 is 2.35 bits per heavy atom. The number of nitrogens with zero attached hydrogens (tertiary/aromatic N) is 3. The van der Waals surface area contributed by atoms with Gasteiger partial charge in [0, 0.05) is 18.0 Å². The monoisotopic (exact) mass is 480 g/mol. The van der Waals surface area contributed by atoms with E-state index in [9.17, 15) is 23.1 Å². The third kappa shape index (κ3) is 5.15. The van der Waals surface area contributed by atoms with E-state index in [1.54, 1.807) is 0 Å². The summed E-state index contributed by atoms with van der Waals surface area (Å²) in [4.78, 5) is 19.4. The molecule has 1 aromatic heterocycles. The van der Waals surface area contributed by atoms with Crippen LogP contribution >= 0.6 is 0 Å². The number of hydrogen-bond donors (Lipinski definition) is 2. The Hall–Kier alpha value is -2.39. The Balaban J connectivity index is 1.83. The Morgan fingerprint density at radius 1 is 1.26 bits per heavy atom. The summed E-state index contributed by atoms with van der Waals surface area (Å²) < 4.78 is 39.1. The number of anilines is 1. The summed E-state index contributed by atoms with van der Waals surface area (Å²) in [5.41, 5.74) is 5.84. The first-order valence-electron chi connectivity index (χ1n) is 11.6. The molecule has 3 rings (SSSR count). The summed E-state index contributed by atoms with van der Waals surface area (Å²) >= 11 is 0. The van der Waals surface area contributed by atoms with Gasteiger partial charge in [-0.25, -0.2) is 9.78 Å². The van der Waals surface area contributed by atoms with Crippen molar-refractivity contribution in [3.63, 3.8) is 0 Å². The fraction of sp³-hybridized carbons (Fsp3) is 0.600. The smallest absolute Gasteiger partial charge is 0.388 e. The second-order valence-corrected chi connectivity index (χ2v) is 10.3. The highest BCUT2D eigenvalue weighted by molar-refractivity contribution is 5.91. The van der Waals surface area contributed by atoms with Gasteiger partial charge in [-0.05, 0) is 69.3 Å². The minimum Gasteiger partial charge on any atom is -0.388 e. The van der Waals surface area contributed by atoms with Crippen LogP contribution in [0.3, 0.4) is 0 Å². The molecule has 9 heteroatoms. The summed E-state index contributed by atoms with van der Waals surface area (Å²) in [6.07, 6.45) is 5.26. The Kier molecular flexibility index (Phi) is 7.20. The lowest BCUT2D eigenvalue weighted by molar-refractivity contribution is -0.141. The highest BCUT2D eigenvalue weighted by Gasteiger charge is 2.45. The average Bonchev–Trinajstić information content (AvgIpc) is 2.74. The molecule has 3 N–H and O–H groups in total. The van der Waals surface area contributed by atoms with Gasteiger partial charge in [0.15, 0.2) is 0 Å². The average molecular weight is 481 g/mol. The fourth-order valence-corrected chi connectivity index (χ4v) is 5.14. The molecule has 2 amide bonds. The number of hydrogen-bond acceptors (Lipinski definition) is 4. The number of aryl methyl sites for hydroxylation is 1. The molecule has 34 heavy (non-hydrogen) atoms.